The monoisotopic (exact) mass is 474 g/mol. The Labute approximate surface area is 199 Å². The molecule has 0 heterocycles. The minimum absolute atomic E-state index is 0.0261. The van der Waals surface area contributed by atoms with Gasteiger partial charge in [0.2, 0.25) is 0 Å². The number of halogens is 1. The van der Waals surface area contributed by atoms with Crippen LogP contribution in [0.5, 0.6) is 0 Å². The average molecular weight is 475 g/mol. The summed E-state index contributed by atoms with van der Waals surface area (Å²) in [6.45, 7) is 6.60. The number of Topliss-reactive ketones (excluding diaryl/α,β-unsaturated/α-hetero) is 1. The SMILES string of the molecule is CC(=O)OC[C@@]12C(=CC(=O)[C@@H]3C[C@@H]31)C(Cl)=C[C@@H]1[C@@H]2CC[C@@]2(C)[C@H]1CC[C@]2(OC(C)=O)C(C)=O. The smallest absolute Gasteiger partial charge is 0.303 e. The predicted octanol–water partition coefficient (Wildman–Crippen LogP) is 4.15. The van der Waals surface area contributed by atoms with Gasteiger partial charge >= 0.3 is 11.9 Å². The summed E-state index contributed by atoms with van der Waals surface area (Å²) in [5.41, 5.74) is -1.30. The van der Waals surface area contributed by atoms with Crippen molar-refractivity contribution in [1.82, 2.24) is 0 Å². The lowest BCUT2D eigenvalue weighted by Crippen LogP contribution is -2.59. The Kier molecular flexibility index (Phi) is 5.03. The zero-order chi connectivity index (χ0) is 23.9. The molecule has 0 saturated heterocycles. The number of rotatable bonds is 4. The zero-order valence-electron chi connectivity index (χ0n) is 19.6. The van der Waals surface area contributed by atoms with Crippen LogP contribution in [0, 0.1) is 40.4 Å². The highest BCUT2D eigenvalue weighted by atomic mass is 35.5. The van der Waals surface area contributed by atoms with E-state index in [1.165, 1.54) is 20.8 Å². The molecule has 0 N–H and O–H groups in total. The van der Waals surface area contributed by atoms with E-state index in [1.807, 2.05) is 0 Å². The highest BCUT2D eigenvalue weighted by molar-refractivity contribution is 6.32. The van der Waals surface area contributed by atoms with Gasteiger partial charge in [0.25, 0.3) is 0 Å². The summed E-state index contributed by atoms with van der Waals surface area (Å²) in [7, 11) is 0. The lowest BCUT2D eigenvalue weighted by molar-refractivity contribution is -0.186. The Morgan fingerprint density at radius 1 is 1.06 bits per heavy atom. The maximum Gasteiger partial charge on any atom is 0.303 e. The van der Waals surface area contributed by atoms with Crippen LogP contribution < -0.4 is 0 Å². The van der Waals surface area contributed by atoms with E-state index in [0.29, 0.717) is 11.5 Å². The van der Waals surface area contributed by atoms with E-state index in [1.54, 1.807) is 6.08 Å². The molecule has 3 fully saturated rings. The Hall–Kier alpha value is -1.95. The van der Waals surface area contributed by atoms with Crippen LogP contribution in [0.25, 0.3) is 0 Å². The summed E-state index contributed by atoms with van der Waals surface area (Å²) in [4.78, 5) is 49.4. The molecule has 5 aliphatic rings. The molecule has 7 heteroatoms. The van der Waals surface area contributed by atoms with Crippen LogP contribution in [0.15, 0.2) is 22.8 Å². The molecule has 0 aromatic carbocycles. The number of hydrogen-bond donors (Lipinski definition) is 0. The van der Waals surface area contributed by atoms with Crippen molar-refractivity contribution in [2.45, 2.75) is 65.4 Å². The Balaban J connectivity index is 1.61. The molecule has 6 nitrogen and oxygen atoms in total. The molecule has 0 radical (unpaired) electrons. The van der Waals surface area contributed by atoms with Gasteiger partial charge < -0.3 is 9.47 Å². The summed E-state index contributed by atoms with van der Waals surface area (Å²) in [6, 6.07) is 0. The average Bonchev–Trinajstić information content (AvgIpc) is 3.48. The van der Waals surface area contributed by atoms with Crippen molar-refractivity contribution < 1.29 is 28.7 Å². The van der Waals surface area contributed by atoms with E-state index in [2.05, 4.69) is 13.0 Å². The fraction of sp³-hybridized carbons (Fsp3) is 0.692. The first-order valence-corrected chi connectivity index (χ1v) is 12.3. The Bertz CT molecular complexity index is 1030. The van der Waals surface area contributed by atoms with Crippen molar-refractivity contribution >= 4 is 35.1 Å². The highest BCUT2D eigenvalue weighted by Gasteiger charge is 2.71. The van der Waals surface area contributed by atoms with Crippen molar-refractivity contribution in [2.75, 3.05) is 6.61 Å². The fourth-order valence-corrected chi connectivity index (χ4v) is 8.67. The second kappa shape index (κ2) is 7.27. The normalized spacial score (nSPS) is 44.9. The van der Waals surface area contributed by atoms with Crippen LogP contribution in [-0.2, 0) is 28.7 Å². The minimum atomic E-state index is -1.13. The third-order valence-electron chi connectivity index (χ3n) is 9.72. The number of fused-ring (bicyclic) bond motifs is 7. The molecule has 3 saturated carbocycles. The lowest BCUT2D eigenvalue weighted by Gasteiger charge is -2.58. The van der Waals surface area contributed by atoms with Gasteiger partial charge in [0.05, 0.1) is 0 Å². The summed E-state index contributed by atoms with van der Waals surface area (Å²) in [5.74, 6) is -0.376. The largest absolute Gasteiger partial charge is 0.465 e. The number of carbonyl (C=O) groups is 4. The summed E-state index contributed by atoms with van der Waals surface area (Å²) >= 11 is 6.87. The molecule has 178 valence electrons. The lowest BCUT2D eigenvalue weighted by atomic mass is 9.47. The number of ketones is 2. The van der Waals surface area contributed by atoms with Gasteiger partial charge in [0.1, 0.15) is 6.61 Å². The topological polar surface area (TPSA) is 86.7 Å². The van der Waals surface area contributed by atoms with Crippen LogP contribution in [0.2, 0.25) is 0 Å². The van der Waals surface area contributed by atoms with Gasteiger partial charge in [-0.3, -0.25) is 19.2 Å². The maximum absolute atomic E-state index is 12.9. The first-order valence-electron chi connectivity index (χ1n) is 12.0. The number of hydrogen-bond acceptors (Lipinski definition) is 6. The van der Waals surface area contributed by atoms with Crippen LogP contribution in [-0.4, -0.2) is 35.7 Å². The molecule has 0 spiro atoms. The van der Waals surface area contributed by atoms with Crippen molar-refractivity contribution in [2.24, 2.45) is 40.4 Å². The van der Waals surface area contributed by atoms with Gasteiger partial charge in [0.15, 0.2) is 17.2 Å². The number of esters is 2. The molecule has 5 rings (SSSR count). The summed E-state index contributed by atoms with van der Waals surface area (Å²) in [6.07, 6.45) is 7.30. The third-order valence-corrected chi connectivity index (χ3v) is 10.0. The molecule has 0 amide bonds. The minimum Gasteiger partial charge on any atom is -0.465 e. The van der Waals surface area contributed by atoms with Gasteiger partial charge in [-0.2, -0.15) is 0 Å². The van der Waals surface area contributed by atoms with Gasteiger partial charge in [-0.1, -0.05) is 24.6 Å². The maximum atomic E-state index is 12.9. The molecule has 8 atom stereocenters. The molecule has 0 unspecified atom stereocenters. The van der Waals surface area contributed by atoms with E-state index in [-0.39, 0.29) is 53.7 Å². The molecule has 0 bridgehead atoms. The summed E-state index contributed by atoms with van der Waals surface area (Å²) in [5, 5.41) is 0.555. The van der Waals surface area contributed by atoms with Crippen LogP contribution in [0.1, 0.15) is 59.8 Å². The zero-order valence-corrected chi connectivity index (χ0v) is 20.4. The summed E-state index contributed by atoms with van der Waals surface area (Å²) < 4.78 is 11.5. The van der Waals surface area contributed by atoms with E-state index in [0.717, 1.165) is 31.3 Å². The van der Waals surface area contributed by atoms with Gasteiger partial charge in [-0.15, -0.1) is 0 Å². The van der Waals surface area contributed by atoms with Crippen LogP contribution >= 0.6 is 11.6 Å². The predicted molar refractivity (Wildman–Crippen MR) is 120 cm³/mol. The molecular weight excluding hydrogens is 444 g/mol. The quantitative estimate of drug-likeness (QED) is 0.569. The van der Waals surface area contributed by atoms with Crippen molar-refractivity contribution in [3.63, 3.8) is 0 Å². The first kappa shape index (κ1) is 22.8. The van der Waals surface area contributed by atoms with E-state index in [9.17, 15) is 19.2 Å². The molecule has 33 heavy (non-hydrogen) atoms. The van der Waals surface area contributed by atoms with Crippen molar-refractivity contribution in [3.8, 4) is 0 Å². The second-order valence-corrected chi connectivity index (χ2v) is 11.4. The molecule has 0 aromatic heterocycles. The molecule has 0 aromatic rings. The first-order chi connectivity index (χ1) is 15.5. The van der Waals surface area contributed by atoms with Crippen LogP contribution in [0.3, 0.4) is 0 Å². The molecule has 5 aliphatic carbocycles. The van der Waals surface area contributed by atoms with Crippen LogP contribution in [0.4, 0.5) is 0 Å². The van der Waals surface area contributed by atoms with Gasteiger partial charge in [-0.25, -0.2) is 0 Å². The highest BCUT2D eigenvalue weighted by Crippen LogP contribution is 2.72. The van der Waals surface area contributed by atoms with E-state index >= 15 is 0 Å². The Morgan fingerprint density at radius 3 is 2.39 bits per heavy atom. The van der Waals surface area contributed by atoms with Crippen molar-refractivity contribution in [3.05, 3.63) is 22.8 Å². The second-order valence-electron chi connectivity index (χ2n) is 11.0. The third kappa shape index (κ3) is 2.92. The number of carbonyl (C=O) groups excluding carboxylic acids is 4. The fourth-order valence-electron chi connectivity index (χ4n) is 8.29. The molecule has 0 aliphatic heterocycles. The van der Waals surface area contributed by atoms with Crippen molar-refractivity contribution in [1.29, 1.82) is 0 Å². The van der Waals surface area contributed by atoms with Gasteiger partial charge in [0, 0.05) is 35.6 Å². The van der Waals surface area contributed by atoms with Gasteiger partial charge in [-0.05, 0) is 74.3 Å². The molecular formula is C26H31ClO6. The van der Waals surface area contributed by atoms with E-state index in [4.69, 9.17) is 21.1 Å². The number of ether oxygens (including phenoxy) is 2. The standard InChI is InChI=1S/C26H31ClO6/c1-13(28)26(33-15(3)30)8-6-18-16-10-22(27)21-11-23(31)17-9-20(17)25(21,12-32-14(2)29)19(16)5-7-24(18,26)4/h10-11,16-20H,5-9,12H2,1-4H3/t16-,17+,18-,19-,20-,24-,25-,26-/m0/s1. The van der Waals surface area contributed by atoms with E-state index < -0.39 is 22.4 Å². The number of allylic oxidation sites excluding steroid dienone is 3. The Morgan fingerprint density at radius 2 is 1.76 bits per heavy atom.